The normalized spacial score (nSPS) is 13.3. The van der Waals surface area contributed by atoms with Gasteiger partial charge < -0.3 is 19.7 Å². The van der Waals surface area contributed by atoms with Crippen LogP contribution in [0.25, 0.3) is 6.08 Å². The molecule has 1 aliphatic heterocycles. The Bertz CT molecular complexity index is 966. The molecule has 1 heterocycles. The Kier molecular flexibility index (Phi) is 6.77. The van der Waals surface area contributed by atoms with Crippen molar-refractivity contribution in [1.82, 2.24) is 0 Å². The summed E-state index contributed by atoms with van der Waals surface area (Å²) in [7, 11) is 3.15. The first-order valence-corrected chi connectivity index (χ1v) is 10.1. The van der Waals surface area contributed by atoms with Crippen molar-refractivity contribution in [3.8, 4) is 11.5 Å². The number of hydrogen-bond acceptors (Lipinski definition) is 4. The molecule has 0 bridgehead atoms. The van der Waals surface area contributed by atoms with Gasteiger partial charge in [-0.05, 0) is 54.3 Å². The third kappa shape index (κ3) is 4.82. The number of carbonyl (C=O) groups is 2. The van der Waals surface area contributed by atoms with Crippen LogP contribution in [0.2, 0.25) is 0 Å². The number of methoxy groups -OCH3 is 2. The van der Waals surface area contributed by atoms with E-state index in [-0.39, 0.29) is 17.7 Å². The second-order valence-electron chi connectivity index (χ2n) is 7.53. The molecular weight excluding hydrogens is 380 g/mol. The average Bonchev–Trinajstić information content (AvgIpc) is 2.76. The van der Waals surface area contributed by atoms with Crippen LogP contribution < -0.4 is 19.7 Å². The molecule has 0 radical (unpaired) electrons. The van der Waals surface area contributed by atoms with Crippen LogP contribution in [0.1, 0.15) is 31.4 Å². The zero-order valence-electron chi connectivity index (χ0n) is 17.9. The van der Waals surface area contributed by atoms with Crippen LogP contribution in [0.3, 0.4) is 0 Å². The van der Waals surface area contributed by atoms with Gasteiger partial charge in [0.15, 0.2) is 11.5 Å². The second kappa shape index (κ2) is 9.48. The quantitative estimate of drug-likeness (QED) is 0.724. The van der Waals surface area contributed by atoms with E-state index in [1.54, 1.807) is 32.4 Å². The zero-order chi connectivity index (χ0) is 21.7. The van der Waals surface area contributed by atoms with E-state index in [0.717, 1.165) is 29.7 Å². The molecule has 1 N–H and O–H groups in total. The first-order chi connectivity index (χ1) is 14.4. The highest BCUT2D eigenvalue weighted by atomic mass is 16.5. The molecule has 0 saturated heterocycles. The maximum atomic E-state index is 12.6. The van der Waals surface area contributed by atoms with E-state index in [4.69, 9.17) is 9.47 Å². The highest BCUT2D eigenvalue weighted by molar-refractivity contribution is 6.03. The lowest BCUT2D eigenvalue weighted by molar-refractivity contribution is -0.121. The maximum absolute atomic E-state index is 12.6. The number of ether oxygens (including phenoxy) is 2. The van der Waals surface area contributed by atoms with E-state index in [1.165, 1.54) is 6.08 Å². The Morgan fingerprint density at radius 2 is 1.83 bits per heavy atom. The molecule has 2 amide bonds. The van der Waals surface area contributed by atoms with Gasteiger partial charge in [0.05, 0.1) is 14.2 Å². The van der Waals surface area contributed by atoms with Gasteiger partial charge in [0.2, 0.25) is 11.8 Å². The number of hydrogen-bond donors (Lipinski definition) is 1. The highest BCUT2D eigenvalue weighted by Gasteiger charge is 2.24. The molecule has 2 aromatic carbocycles. The smallest absolute Gasteiger partial charge is 0.248 e. The van der Waals surface area contributed by atoms with Crippen LogP contribution in [-0.2, 0) is 16.0 Å². The van der Waals surface area contributed by atoms with Crippen molar-refractivity contribution >= 4 is 29.3 Å². The Morgan fingerprint density at radius 3 is 2.53 bits per heavy atom. The molecule has 1 aliphatic rings. The number of anilines is 2. The first-order valence-electron chi connectivity index (χ1n) is 10.1. The summed E-state index contributed by atoms with van der Waals surface area (Å²) >= 11 is 0. The van der Waals surface area contributed by atoms with Crippen LogP contribution in [0, 0.1) is 5.92 Å². The average molecular weight is 408 g/mol. The molecule has 0 aliphatic carbocycles. The van der Waals surface area contributed by atoms with Gasteiger partial charge in [0, 0.05) is 29.9 Å². The molecule has 0 saturated carbocycles. The van der Waals surface area contributed by atoms with Gasteiger partial charge in [-0.25, -0.2) is 0 Å². The lowest BCUT2D eigenvalue weighted by atomic mass is 9.99. The topological polar surface area (TPSA) is 67.9 Å². The predicted molar refractivity (Wildman–Crippen MR) is 119 cm³/mol. The summed E-state index contributed by atoms with van der Waals surface area (Å²) in [5.74, 6) is 1.02. The predicted octanol–water partition coefficient (Wildman–Crippen LogP) is 4.29. The molecule has 6 heteroatoms. The van der Waals surface area contributed by atoms with Crippen molar-refractivity contribution in [3.63, 3.8) is 0 Å². The van der Waals surface area contributed by atoms with Gasteiger partial charge in [-0.2, -0.15) is 0 Å². The summed E-state index contributed by atoms with van der Waals surface area (Å²) in [5.41, 5.74) is 3.51. The number of aryl methyl sites for hydroxylation is 1. The minimum absolute atomic E-state index is 0.0707. The molecular formula is C24H28N2O4. The fraction of sp³-hybridized carbons (Fsp3) is 0.333. The summed E-state index contributed by atoms with van der Waals surface area (Å²) in [6, 6.07) is 11.2. The van der Waals surface area contributed by atoms with E-state index >= 15 is 0 Å². The molecule has 0 fully saturated rings. The van der Waals surface area contributed by atoms with Gasteiger partial charge in [0.1, 0.15) is 0 Å². The van der Waals surface area contributed by atoms with Crippen molar-refractivity contribution in [2.45, 2.75) is 26.7 Å². The van der Waals surface area contributed by atoms with Gasteiger partial charge in [-0.3, -0.25) is 9.59 Å². The maximum Gasteiger partial charge on any atom is 0.248 e. The largest absolute Gasteiger partial charge is 0.493 e. The standard InChI is InChI=1S/C24H28N2O4/c1-16(2)24(28)26-13-5-6-18-9-10-19(15-20(18)26)25-23(27)12-8-17-7-11-21(29-3)22(14-17)30-4/h7-12,14-16H,5-6,13H2,1-4H3,(H,25,27)/b12-8+. The summed E-state index contributed by atoms with van der Waals surface area (Å²) in [4.78, 5) is 26.8. The van der Waals surface area contributed by atoms with Crippen LogP contribution in [0.5, 0.6) is 11.5 Å². The Labute approximate surface area is 177 Å². The van der Waals surface area contributed by atoms with E-state index < -0.39 is 0 Å². The molecule has 0 aromatic heterocycles. The van der Waals surface area contributed by atoms with E-state index in [1.807, 2.05) is 43.0 Å². The van der Waals surface area contributed by atoms with Crippen molar-refractivity contribution in [2.75, 3.05) is 31.0 Å². The summed E-state index contributed by atoms with van der Waals surface area (Å²) < 4.78 is 10.5. The number of fused-ring (bicyclic) bond motifs is 1. The number of amides is 2. The Hall–Kier alpha value is -3.28. The Balaban J connectivity index is 1.74. The van der Waals surface area contributed by atoms with E-state index in [2.05, 4.69) is 5.32 Å². The molecule has 3 rings (SSSR count). The van der Waals surface area contributed by atoms with E-state index in [9.17, 15) is 9.59 Å². The molecule has 158 valence electrons. The molecule has 0 spiro atoms. The van der Waals surface area contributed by atoms with Crippen molar-refractivity contribution in [2.24, 2.45) is 5.92 Å². The SMILES string of the molecule is COc1ccc(/C=C/C(=O)Nc2ccc3c(c2)N(C(=O)C(C)C)CCC3)cc1OC. The number of carbonyl (C=O) groups excluding carboxylic acids is 2. The Morgan fingerprint density at radius 1 is 1.07 bits per heavy atom. The van der Waals surface area contributed by atoms with Crippen LogP contribution in [0.15, 0.2) is 42.5 Å². The minimum Gasteiger partial charge on any atom is -0.493 e. The fourth-order valence-corrected chi connectivity index (χ4v) is 3.51. The summed E-state index contributed by atoms with van der Waals surface area (Å²) in [5, 5.41) is 2.88. The third-order valence-electron chi connectivity index (χ3n) is 5.07. The van der Waals surface area contributed by atoms with Gasteiger partial charge in [0.25, 0.3) is 0 Å². The second-order valence-corrected chi connectivity index (χ2v) is 7.53. The molecule has 30 heavy (non-hydrogen) atoms. The lowest BCUT2D eigenvalue weighted by Crippen LogP contribution is -2.38. The van der Waals surface area contributed by atoms with Crippen LogP contribution in [0.4, 0.5) is 11.4 Å². The van der Waals surface area contributed by atoms with Gasteiger partial charge in [-0.15, -0.1) is 0 Å². The van der Waals surface area contributed by atoms with Crippen LogP contribution >= 0.6 is 0 Å². The number of rotatable bonds is 6. The molecule has 2 aromatic rings. The zero-order valence-corrected chi connectivity index (χ0v) is 17.9. The molecule has 0 unspecified atom stereocenters. The monoisotopic (exact) mass is 408 g/mol. The van der Waals surface area contributed by atoms with E-state index in [0.29, 0.717) is 23.7 Å². The first kappa shape index (κ1) is 21.4. The summed E-state index contributed by atoms with van der Waals surface area (Å²) in [6.45, 7) is 4.52. The minimum atomic E-state index is -0.248. The van der Waals surface area contributed by atoms with Gasteiger partial charge >= 0.3 is 0 Å². The summed E-state index contributed by atoms with van der Waals surface area (Å²) in [6.07, 6.45) is 5.07. The highest BCUT2D eigenvalue weighted by Crippen LogP contribution is 2.31. The number of benzene rings is 2. The van der Waals surface area contributed by atoms with Crippen molar-refractivity contribution in [1.29, 1.82) is 0 Å². The molecule has 6 nitrogen and oxygen atoms in total. The van der Waals surface area contributed by atoms with Crippen molar-refractivity contribution < 1.29 is 19.1 Å². The van der Waals surface area contributed by atoms with Crippen LogP contribution in [-0.4, -0.2) is 32.6 Å². The van der Waals surface area contributed by atoms with Crippen molar-refractivity contribution in [3.05, 3.63) is 53.6 Å². The van der Waals surface area contributed by atoms with Gasteiger partial charge in [-0.1, -0.05) is 26.0 Å². The fourth-order valence-electron chi connectivity index (χ4n) is 3.51. The molecule has 0 atom stereocenters. The number of nitrogens with zero attached hydrogens (tertiary/aromatic N) is 1. The number of nitrogens with one attached hydrogen (secondary N) is 1. The lowest BCUT2D eigenvalue weighted by Gasteiger charge is -2.31. The third-order valence-corrected chi connectivity index (χ3v) is 5.07.